The SMILES string of the molecule is CC1OC(C)C(C(=O)Cc2ccc(F)c(F)c2)C1C. The Balaban J connectivity index is 2.10. The van der Waals surface area contributed by atoms with Gasteiger partial charge in [-0.1, -0.05) is 13.0 Å². The molecular weight excluding hydrogens is 250 g/mol. The Bertz CT molecular complexity index is 487. The zero-order chi connectivity index (χ0) is 14.2. The Kier molecular flexibility index (Phi) is 3.99. The number of carbonyl (C=O) groups excluding carboxylic acids is 1. The van der Waals surface area contributed by atoms with Crippen LogP contribution in [0.25, 0.3) is 0 Å². The molecule has 0 aromatic heterocycles. The van der Waals surface area contributed by atoms with Crippen LogP contribution in [0.1, 0.15) is 26.3 Å². The predicted octanol–water partition coefficient (Wildman–Crippen LogP) is 3.14. The van der Waals surface area contributed by atoms with Crippen LogP contribution in [0.15, 0.2) is 18.2 Å². The largest absolute Gasteiger partial charge is 0.375 e. The Hall–Kier alpha value is -1.29. The molecule has 0 radical (unpaired) electrons. The minimum absolute atomic E-state index is 0.0235. The van der Waals surface area contributed by atoms with Crippen molar-refractivity contribution in [2.45, 2.75) is 39.4 Å². The van der Waals surface area contributed by atoms with Gasteiger partial charge in [-0.25, -0.2) is 8.78 Å². The van der Waals surface area contributed by atoms with Gasteiger partial charge >= 0.3 is 0 Å². The van der Waals surface area contributed by atoms with Crippen LogP contribution in [-0.2, 0) is 16.0 Å². The molecule has 0 bridgehead atoms. The summed E-state index contributed by atoms with van der Waals surface area (Å²) in [7, 11) is 0. The van der Waals surface area contributed by atoms with Crippen LogP contribution < -0.4 is 0 Å². The van der Waals surface area contributed by atoms with Gasteiger partial charge in [-0.3, -0.25) is 4.79 Å². The summed E-state index contributed by atoms with van der Waals surface area (Å²) in [5, 5.41) is 0. The second-order valence-electron chi connectivity index (χ2n) is 5.32. The maximum Gasteiger partial charge on any atom is 0.159 e. The first kappa shape index (κ1) is 14.1. The molecule has 0 aliphatic carbocycles. The van der Waals surface area contributed by atoms with E-state index in [1.165, 1.54) is 6.07 Å². The molecule has 0 N–H and O–H groups in total. The zero-order valence-corrected chi connectivity index (χ0v) is 11.3. The Morgan fingerprint density at radius 2 is 1.84 bits per heavy atom. The summed E-state index contributed by atoms with van der Waals surface area (Å²) in [5.41, 5.74) is 0.503. The molecule has 1 aliphatic heterocycles. The highest BCUT2D eigenvalue weighted by molar-refractivity contribution is 5.84. The van der Waals surface area contributed by atoms with E-state index in [0.717, 1.165) is 12.1 Å². The van der Waals surface area contributed by atoms with Crippen LogP contribution in [0.3, 0.4) is 0 Å². The van der Waals surface area contributed by atoms with Gasteiger partial charge in [0.1, 0.15) is 5.78 Å². The van der Waals surface area contributed by atoms with Crippen molar-refractivity contribution in [3.05, 3.63) is 35.4 Å². The first-order valence-electron chi connectivity index (χ1n) is 6.52. The topological polar surface area (TPSA) is 26.3 Å². The van der Waals surface area contributed by atoms with Gasteiger partial charge in [-0.05, 0) is 37.5 Å². The van der Waals surface area contributed by atoms with Crippen LogP contribution in [-0.4, -0.2) is 18.0 Å². The fourth-order valence-corrected chi connectivity index (χ4v) is 2.79. The molecule has 1 aliphatic rings. The van der Waals surface area contributed by atoms with E-state index in [2.05, 4.69) is 0 Å². The van der Waals surface area contributed by atoms with E-state index in [0.29, 0.717) is 5.56 Å². The Morgan fingerprint density at radius 3 is 2.37 bits per heavy atom. The fraction of sp³-hybridized carbons (Fsp3) is 0.533. The average Bonchev–Trinajstić information content (AvgIpc) is 2.58. The number of hydrogen-bond acceptors (Lipinski definition) is 2. The second kappa shape index (κ2) is 5.37. The van der Waals surface area contributed by atoms with Crippen LogP contribution >= 0.6 is 0 Å². The molecule has 1 fully saturated rings. The van der Waals surface area contributed by atoms with E-state index in [4.69, 9.17) is 4.74 Å². The number of Topliss-reactive ketones (excluding diaryl/α,β-unsaturated/α-hetero) is 1. The molecule has 0 spiro atoms. The van der Waals surface area contributed by atoms with Gasteiger partial charge in [-0.2, -0.15) is 0 Å². The van der Waals surface area contributed by atoms with Gasteiger partial charge in [0.05, 0.1) is 12.2 Å². The summed E-state index contributed by atoms with van der Waals surface area (Å²) >= 11 is 0. The van der Waals surface area contributed by atoms with Gasteiger partial charge in [0, 0.05) is 12.3 Å². The number of benzene rings is 1. The molecular formula is C15H18F2O2. The van der Waals surface area contributed by atoms with Gasteiger partial charge in [0.2, 0.25) is 0 Å². The van der Waals surface area contributed by atoms with Crippen molar-refractivity contribution in [2.24, 2.45) is 11.8 Å². The molecule has 1 aromatic carbocycles. The normalized spacial score (nSPS) is 30.6. The van der Waals surface area contributed by atoms with Crippen molar-refractivity contribution in [1.82, 2.24) is 0 Å². The van der Waals surface area contributed by atoms with Crippen LogP contribution in [0, 0.1) is 23.5 Å². The number of carbonyl (C=O) groups is 1. The van der Waals surface area contributed by atoms with Gasteiger partial charge < -0.3 is 4.74 Å². The summed E-state index contributed by atoms with van der Waals surface area (Å²) in [5.74, 6) is -1.82. The summed E-state index contributed by atoms with van der Waals surface area (Å²) in [6.07, 6.45) is 0.0452. The van der Waals surface area contributed by atoms with Gasteiger partial charge in [-0.15, -0.1) is 0 Å². The average molecular weight is 268 g/mol. The van der Waals surface area contributed by atoms with E-state index < -0.39 is 11.6 Å². The maximum absolute atomic E-state index is 13.1. The van der Waals surface area contributed by atoms with Gasteiger partial charge in [0.15, 0.2) is 11.6 Å². The lowest BCUT2D eigenvalue weighted by atomic mass is 9.84. The minimum Gasteiger partial charge on any atom is -0.375 e. The summed E-state index contributed by atoms with van der Waals surface area (Å²) in [4.78, 5) is 12.3. The van der Waals surface area contributed by atoms with Crippen LogP contribution in [0.4, 0.5) is 8.78 Å². The number of hydrogen-bond donors (Lipinski definition) is 0. The lowest BCUT2D eigenvalue weighted by Gasteiger charge is -2.17. The van der Waals surface area contributed by atoms with Crippen LogP contribution in [0.5, 0.6) is 0 Å². The van der Waals surface area contributed by atoms with E-state index in [-0.39, 0.29) is 36.2 Å². The third kappa shape index (κ3) is 2.84. The molecule has 0 saturated carbocycles. The van der Waals surface area contributed by atoms with Crippen molar-refractivity contribution in [2.75, 3.05) is 0 Å². The maximum atomic E-state index is 13.1. The molecule has 1 saturated heterocycles. The summed E-state index contributed by atoms with van der Waals surface area (Å²) in [6, 6.07) is 3.59. The summed E-state index contributed by atoms with van der Waals surface area (Å²) in [6.45, 7) is 5.82. The highest BCUT2D eigenvalue weighted by Crippen LogP contribution is 2.33. The standard InChI is InChI=1S/C15H18F2O2/c1-8-9(2)19-10(3)15(8)14(18)7-11-4-5-12(16)13(17)6-11/h4-6,8-10,15H,7H2,1-3H3. The molecule has 2 rings (SSSR count). The summed E-state index contributed by atoms with van der Waals surface area (Å²) < 4.78 is 31.6. The monoisotopic (exact) mass is 268 g/mol. The molecule has 4 unspecified atom stereocenters. The highest BCUT2D eigenvalue weighted by atomic mass is 19.2. The number of rotatable bonds is 3. The molecule has 1 heterocycles. The van der Waals surface area contributed by atoms with E-state index in [9.17, 15) is 13.6 Å². The first-order valence-corrected chi connectivity index (χ1v) is 6.52. The fourth-order valence-electron chi connectivity index (χ4n) is 2.79. The molecule has 1 aromatic rings. The van der Waals surface area contributed by atoms with Crippen molar-refractivity contribution in [1.29, 1.82) is 0 Å². The number of ether oxygens (including phenoxy) is 1. The van der Waals surface area contributed by atoms with Crippen molar-refractivity contribution in [3.63, 3.8) is 0 Å². The predicted molar refractivity (Wildman–Crippen MR) is 67.7 cm³/mol. The first-order chi connectivity index (χ1) is 8.90. The molecule has 4 atom stereocenters. The van der Waals surface area contributed by atoms with E-state index >= 15 is 0 Å². The third-order valence-electron chi connectivity index (χ3n) is 3.98. The van der Waals surface area contributed by atoms with Crippen molar-refractivity contribution < 1.29 is 18.3 Å². The zero-order valence-electron chi connectivity index (χ0n) is 11.3. The quantitative estimate of drug-likeness (QED) is 0.842. The number of halogens is 2. The molecule has 19 heavy (non-hydrogen) atoms. The Morgan fingerprint density at radius 1 is 1.16 bits per heavy atom. The van der Waals surface area contributed by atoms with Crippen LogP contribution in [0.2, 0.25) is 0 Å². The lowest BCUT2D eigenvalue weighted by Crippen LogP contribution is -2.28. The Labute approximate surface area is 111 Å². The van der Waals surface area contributed by atoms with Crippen molar-refractivity contribution in [3.8, 4) is 0 Å². The molecule has 0 amide bonds. The third-order valence-corrected chi connectivity index (χ3v) is 3.98. The highest BCUT2D eigenvalue weighted by Gasteiger charge is 2.40. The van der Waals surface area contributed by atoms with E-state index in [1.54, 1.807) is 0 Å². The number of ketones is 1. The minimum atomic E-state index is -0.914. The van der Waals surface area contributed by atoms with Gasteiger partial charge in [0.25, 0.3) is 0 Å². The second-order valence-corrected chi connectivity index (χ2v) is 5.32. The molecule has 4 heteroatoms. The van der Waals surface area contributed by atoms with E-state index in [1.807, 2.05) is 20.8 Å². The van der Waals surface area contributed by atoms with Crippen molar-refractivity contribution >= 4 is 5.78 Å². The lowest BCUT2D eigenvalue weighted by molar-refractivity contribution is -0.124. The molecule has 2 nitrogen and oxygen atoms in total. The molecule has 104 valence electrons. The smallest absolute Gasteiger partial charge is 0.159 e.